The Kier molecular flexibility index (Phi) is 9.14. The van der Waals surface area contributed by atoms with E-state index in [1.165, 1.54) is 31.2 Å². The van der Waals surface area contributed by atoms with Crippen LogP contribution in [0.25, 0.3) is 10.9 Å². The molecule has 1 spiro atoms. The highest BCUT2D eigenvalue weighted by Crippen LogP contribution is 2.48. The molecule has 3 saturated heterocycles. The number of benzene rings is 2. The summed E-state index contributed by atoms with van der Waals surface area (Å²) >= 11 is 0. The summed E-state index contributed by atoms with van der Waals surface area (Å²) in [7, 11) is 0. The van der Waals surface area contributed by atoms with Crippen LogP contribution in [0, 0.1) is 11.3 Å². The van der Waals surface area contributed by atoms with Crippen molar-refractivity contribution in [2.24, 2.45) is 11.3 Å². The number of rotatable bonds is 7. The van der Waals surface area contributed by atoms with Gasteiger partial charge in [0.05, 0.1) is 24.3 Å². The third-order valence-corrected chi connectivity index (χ3v) is 14.8. The molecule has 4 fully saturated rings. The summed E-state index contributed by atoms with van der Waals surface area (Å²) in [5, 5.41) is 3.54. The van der Waals surface area contributed by atoms with Crippen molar-refractivity contribution >= 4 is 40.3 Å². The highest BCUT2D eigenvalue weighted by Gasteiger charge is 2.47. The zero-order valence-electron chi connectivity index (χ0n) is 33.9. The fourth-order valence-corrected chi connectivity index (χ4v) is 11.7. The molecule has 8 heterocycles. The molecule has 4 aromatic rings. The number of carbonyl (C=O) groups excluding carboxylic acids is 3. The number of ether oxygens (including phenoxy) is 1. The number of H-pyrrole nitrogens is 1. The summed E-state index contributed by atoms with van der Waals surface area (Å²) in [5.41, 5.74) is 6.82. The highest BCUT2D eigenvalue weighted by atomic mass is 19.3. The van der Waals surface area contributed by atoms with Gasteiger partial charge in [0.1, 0.15) is 18.4 Å². The zero-order chi connectivity index (χ0) is 40.9. The maximum atomic E-state index is 13.9. The number of aromatic nitrogens is 3. The molecule has 2 aromatic carbocycles. The molecule has 6 aliphatic heterocycles. The fraction of sp³-hybridized carbons (Fsp3) is 0.533. The molecule has 1 unspecified atom stereocenters. The number of piperazine rings is 1. The summed E-state index contributed by atoms with van der Waals surface area (Å²) < 4.78 is 34.1. The number of anilines is 2. The largest absolute Gasteiger partial charge is 0.489 e. The molecule has 1 saturated carbocycles. The lowest BCUT2D eigenvalue weighted by molar-refractivity contribution is -0.136. The normalized spacial score (nSPS) is 26.8. The molecule has 4 atom stereocenters. The maximum Gasteiger partial charge on any atom is 0.255 e. The van der Waals surface area contributed by atoms with Crippen LogP contribution in [0.3, 0.4) is 0 Å². The Morgan fingerprint density at radius 1 is 1.00 bits per heavy atom. The smallest absolute Gasteiger partial charge is 0.255 e. The summed E-state index contributed by atoms with van der Waals surface area (Å²) in [6.45, 7) is 8.42. The lowest BCUT2D eigenvalue weighted by Crippen LogP contribution is -2.59. The zero-order valence-corrected chi connectivity index (χ0v) is 33.9. The van der Waals surface area contributed by atoms with E-state index in [1.807, 2.05) is 48.5 Å². The minimum Gasteiger partial charge on any atom is -0.489 e. The van der Waals surface area contributed by atoms with Crippen molar-refractivity contribution in [2.75, 3.05) is 62.2 Å². The molecule has 60 heavy (non-hydrogen) atoms. The van der Waals surface area contributed by atoms with Gasteiger partial charge in [0, 0.05) is 104 Å². The minimum absolute atomic E-state index is 0.0534. The number of hydrogen-bond acceptors (Lipinski definition) is 10. The lowest BCUT2D eigenvalue weighted by atomic mass is 9.66. The van der Waals surface area contributed by atoms with E-state index in [9.17, 15) is 23.2 Å². The van der Waals surface area contributed by atoms with Crippen molar-refractivity contribution < 1.29 is 27.9 Å². The van der Waals surface area contributed by atoms with Crippen LogP contribution in [-0.2, 0) is 22.6 Å². The first-order valence-corrected chi connectivity index (χ1v) is 21.7. The van der Waals surface area contributed by atoms with Gasteiger partial charge in [-0.3, -0.25) is 29.5 Å². The van der Waals surface area contributed by atoms with Crippen LogP contribution in [0.4, 0.5) is 20.4 Å². The molecular formula is C45H51F2N9O4. The van der Waals surface area contributed by atoms with Crippen LogP contribution in [-0.4, -0.2) is 124 Å². The van der Waals surface area contributed by atoms with Gasteiger partial charge in [-0.1, -0.05) is 18.2 Å². The minimum atomic E-state index is -2.44. The summed E-state index contributed by atoms with van der Waals surface area (Å²) in [5.74, 6) is 1.23. The predicted octanol–water partition coefficient (Wildman–Crippen LogP) is 4.90. The second-order valence-corrected chi connectivity index (χ2v) is 18.5. The Balaban J connectivity index is 0.690. The summed E-state index contributed by atoms with van der Waals surface area (Å²) in [6.07, 6.45) is 7.34. The number of alkyl halides is 2. The molecule has 1 aliphatic carbocycles. The van der Waals surface area contributed by atoms with Crippen molar-refractivity contribution in [1.82, 2.24) is 35.0 Å². The standard InChI is InChI=1S/C45H51F2N9O4/c1-26-14-33-31-4-2-3-5-34(31)50-40(33)41(55(26)22-38(46)47)29-17-48-44(49-18-29)53-24-45(25-53)10-8-27(9-11-45)19-52-12-13-54-30(21-52)23-60-37-16-32-28(15-36(37)54)20-56(43(32)59)35-6-7-39(57)51-42(35)58/h2-5,15-18,26-27,30,35,38,41,50H,6-14,19-25H2,1H3,(H,51,57,58)/t26-,30+,35?,41-/m1/s1. The van der Waals surface area contributed by atoms with Crippen LogP contribution < -0.4 is 19.9 Å². The van der Waals surface area contributed by atoms with Gasteiger partial charge in [0.25, 0.3) is 12.3 Å². The molecular weight excluding hydrogens is 769 g/mol. The molecule has 2 aromatic heterocycles. The summed E-state index contributed by atoms with van der Waals surface area (Å²) in [4.78, 5) is 61.7. The van der Waals surface area contributed by atoms with Crippen LogP contribution >= 0.6 is 0 Å². The van der Waals surface area contributed by atoms with Crippen molar-refractivity contribution in [1.29, 1.82) is 0 Å². The average Bonchev–Trinajstić information content (AvgIpc) is 3.75. The van der Waals surface area contributed by atoms with E-state index in [-0.39, 0.29) is 42.9 Å². The Morgan fingerprint density at radius 3 is 2.58 bits per heavy atom. The second-order valence-electron chi connectivity index (χ2n) is 18.5. The van der Waals surface area contributed by atoms with Crippen molar-refractivity contribution in [2.45, 2.75) is 89.0 Å². The first-order chi connectivity index (χ1) is 29.1. The van der Waals surface area contributed by atoms with Crippen molar-refractivity contribution in [3.8, 4) is 5.75 Å². The Morgan fingerprint density at radius 2 is 1.80 bits per heavy atom. The third kappa shape index (κ3) is 6.41. The van der Waals surface area contributed by atoms with Gasteiger partial charge in [-0.2, -0.15) is 0 Å². The molecule has 2 N–H and O–H groups in total. The number of nitrogens with one attached hydrogen (secondary N) is 2. The third-order valence-electron chi connectivity index (χ3n) is 14.8. The lowest BCUT2D eigenvalue weighted by Gasteiger charge is -2.54. The fourth-order valence-electron chi connectivity index (χ4n) is 11.7. The van der Waals surface area contributed by atoms with Gasteiger partial charge >= 0.3 is 0 Å². The maximum absolute atomic E-state index is 13.9. The molecule has 11 rings (SSSR count). The number of nitrogens with zero attached hydrogens (tertiary/aromatic N) is 7. The van der Waals surface area contributed by atoms with Gasteiger partial charge in [0.2, 0.25) is 17.8 Å². The number of carbonyl (C=O) groups is 3. The first-order valence-electron chi connectivity index (χ1n) is 21.7. The van der Waals surface area contributed by atoms with Crippen molar-refractivity contribution in [3.05, 3.63) is 76.7 Å². The SMILES string of the molecule is C[C@@H]1Cc2c([nH]c3ccccc23)[C@@H](c2cnc(N3CC4(CCC(CN5CCN6c7cc8c(cc7OC[C@@H]6C5)C(=O)N(C5CCC(=O)NC5=O)C8)CC4)C3)nc2)N1CC(F)F. The first kappa shape index (κ1) is 37.8. The number of hydrogen-bond donors (Lipinski definition) is 2. The topological polar surface area (TPSA) is 130 Å². The van der Waals surface area contributed by atoms with Crippen LogP contribution in [0.5, 0.6) is 5.75 Å². The Bertz CT molecular complexity index is 2360. The van der Waals surface area contributed by atoms with Crippen molar-refractivity contribution in [3.63, 3.8) is 0 Å². The summed E-state index contributed by atoms with van der Waals surface area (Å²) in [6, 6.07) is 11.3. The Labute approximate surface area is 347 Å². The Hall–Kier alpha value is -5.15. The van der Waals surface area contributed by atoms with Gasteiger partial charge in [-0.15, -0.1) is 0 Å². The van der Waals surface area contributed by atoms with E-state index in [2.05, 4.69) is 37.1 Å². The average molecular weight is 820 g/mol. The number of fused-ring (bicyclic) bond motifs is 7. The van der Waals surface area contributed by atoms with Gasteiger partial charge in [0.15, 0.2) is 0 Å². The number of imide groups is 1. The monoisotopic (exact) mass is 819 g/mol. The van der Waals surface area contributed by atoms with E-state index < -0.39 is 18.4 Å². The number of amides is 3. The molecule has 0 bridgehead atoms. The predicted molar refractivity (Wildman–Crippen MR) is 220 cm³/mol. The quantitative estimate of drug-likeness (QED) is 0.249. The molecule has 15 heteroatoms. The van der Waals surface area contributed by atoms with Gasteiger partial charge in [-0.05, 0) is 80.7 Å². The second kappa shape index (κ2) is 14.5. The van der Waals surface area contributed by atoms with Crippen LogP contribution in [0.2, 0.25) is 0 Å². The number of para-hydroxylation sites is 1. The van der Waals surface area contributed by atoms with E-state index >= 15 is 0 Å². The molecule has 7 aliphatic rings. The van der Waals surface area contributed by atoms with Crippen LogP contribution in [0.1, 0.15) is 84.2 Å². The van der Waals surface area contributed by atoms with Gasteiger partial charge < -0.3 is 24.4 Å². The number of piperidine rings is 1. The van der Waals surface area contributed by atoms with Gasteiger partial charge in [-0.25, -0.2) is 18.7 Å². The van der Waals surface area contributed by atoms with E-state index in [0.29, 0.717) is 48.8 Å². The van der Waals surface area contributed by atoms with E-state index in [4.69, 9.17) is 14.7 Å². The molecule has 3 amide bonds. The van der Waals surface area contributed by atoms with Crippen LogP contribution in [0.15, 0.2) is 48.8 Å². The van der Waals surface area contributed by atoms with E-state index in [1.54, 1.807) is 4.90 Å². The number of halogens is 2. The molecule has 13 nitrogen and oxygen atoms in total. The molecule has 0 radical (unpaired) electrons. The highest BCUT2D eigenvalue weighted by molar-refractivity contribution is 6.06. The van der Waals surface area contributed by atoms with E-state index in [0.717, 1.165) is 78.4 Å². The number of aromatic amines is 1. The molecule has 314 valence electrons.